The number of aromatic nitrogens is 4. The quantitative estimate of drug-likeness (QED) is 0.429. The molecule has 0 atom stereocenters. The summed E-state index contributed by atoms with van der Waals surface area (Å²) in [5, 5.41) is 11.9. The largest absolute Gasteiger partial charge is 0.495 e. The van der Waals surface area contributed by atoms with Crippen LogP contribution in [0.25, 0.3) is 16.7 Å². The summed E-state index contributed by atoms with van der Waals surface area (Å²) in [5.41, 5.74) is 0.737. The van der Waals surface area contributed by atoms with Gasteiger partial charge in [-0.25, -0.2) is 4.39 Å². The lowest BCUT2D eigenvalue weighted by molar-refractivity contribution is -0.113. The summed E-state index contributed by atoms with van der Waals surface area (Å²) >= 11 is 1.18. The number of halogens is 1. The van der Waals surface area contributed by atoms with Crippen LogP contribution in [0.3, 0.4) is 0 Å². The SMILES string of the molecule is COc1ccccc1NC(=O)CSc1nnc2n(CC(C)C)c(=O)c3cc(F)ccc3n12. The number of nitrogens with zero attached hydrogens (tertiary/aromatic N) is 4. The van der Waals surface area contributed by atoms with Crippen LogP contribution in [-0.2, 0) is 11.3 Å². The Balaban J connectivity index is 1.69. The van der Waals surface area contributed by atoms with E-state index in [0.29, 0.717) is 34.4 Å². The second-order valence-corrected chi connectivity index (χ2v) is 8.57. The third-order valence-electron chi connectivity index (χ3n) is 4.79. The van der Waals surface area contributed by atoms with Gasteiger partial charge in [-0.1, -0.05) is 37.7 Å². The van der Waals surface area contributed by atoms with Crippen LogP contribution in [-0.4, -0.2) is 37.9 Å². The zero-order chi connectivity index (χ0) is 22.8. The lowest BCUT2D eigenvalue weighted by atomic mass is 10.2. The average molecular weight is 456 g/mol. The van der Waals surface area contributed by atoms with Crippen LogP contribution in [0.4, 0.5) is 10.1 Å². The first-order chi connectivity index (χ1) is 15.4. The van der Waals surface area contributed by atoms with Crippen molar-refractivity contribution in [3.63, 3.8) is 0 Å². The number of anilines is 1. The topological polar surface area (TPSA) is 90.5 Å². The zero-order valence-corrected chi connectivity index (χ0v) is 18.6. The fourth-order valence-corrected chi connectivity index (χ4v) is 4.19. The molecule has 2 heterocycles. The van der Waals surface area contributed by atoms with Gasteiger partial charge in [-0.15, -0.1) is 10.2 Å². The van der Waals surface area contributed by atoms with Crippen molar-refractivity contribution in [3.8, 4) is 5.75 Å². The van der Waals surface area contributed by atoms with Crippen molar-refractivity contribution < 1.29 is 13.9 Å². The molecular formula is C22H22FN5O3S. The van der Waals surface area contributed by atoms with Crippen molar-refractivity contribution in [2.45, 2.75) is 25.5 Å². The molecule has 4 rings (SSSR count). The van der Waals surface area contributed by atoms with Crippen molar-refractivity contribution >= 4 is 40.0 Å². The summed E-state index contributed by atoms with van der Waals surface area (Å²) in [6.07, 6.45) is 0. The Morgan fingerprint density at radius 3 is 2.75 bits per heavy atom. The fraction of sp³-hybridized carbons (Fsp3) is 0.273. The van der Waals surface area contributed by atoms with Crippen molar-refractivity contribution in [1.29, 1.82) is 0 Å². The van der Waals surface area contributed by atoms with Crippen LogP contribution in [0.15, 0.2) is 52.4 Å². The summed E-state index contributed by atoms with van der Waals surface area (Å²) in [6, 6.07) is 11.2. The smallest absolute Gasteiger partial charge is 0.262 e. The number of rotatable bonds is 7. The lowest BCUT2D eigenvalue weighted by Gasteiger charge is -2.13. The monoisotopic (exact) mass is 455 g/mol. The van der Waals surface area contributed by atoms with Crippen molar-refractivity contribution in [2.75, 3.05) is 18.2 Å². The molecule has 32 heavy (non-hydrogen) atoms. The highest BCUT2D eigenvalue weighted by Gasteiger charge is 2.19. The minimum absolute atomic E-state index is 0.0604. The number of amides is 1. The maximum Gasteiger partial charge on any atom is 0.262 e. The van der Waals surface area contributed by atoms with Gasteiger partial charge in [0.15, 0.2) is 5.16 Å². The van der Waals surface area contributed by atoms with Gasteiger partial charge in [0.1, 0.15) is 11.6 Å². The Hall–Kier alpha value is -3.40. The van der Waals surface area contributed by atoms with Gasteiger partial charge in [-0.2, -0.15) is 0 Å². The summed E-state index contributed by atoms with van der Waals surface area (Å²) in [6.45, 7) is 4.37. The van der Waals surface area contributed by atoms with E-state index in [-0.39, 0.29) is 28.5 Å². The van der Waals surface area contributed by atoms with Gasteiger partial charge in [0.25, 0.3) is 5.56 Å². The highest BCUT2D eigenvalue weighted by Crippen LogP contribution is 2.25. The molecule has 1 N–H and O–H groups in total. The molecule has 0 unspecified atom stereocenters. The molecule has 2 aromatic heterocycles. The fourth-order valence-electron chi connectivity index (χ4n) is 3.45. The summed E-state index contributed by atoms with van der Waals surface area (Å²) in [4.78, 5) is 25.5. The van der Waals surface area contributed by atoms with Gasteiger partial charge in [-0.05, 0) is 36.2 Å². The van der Waals surface area contributed by atoms with E-state index >= 15 is 0 Å². The second kappa shape index (κ2) is 8.99. The number of nitrogens with one attached hydrogen (secondary N) is 1. The number of benzene rings is 2. The normalized spacial score (nSPS) is 11.4. The Kier molecular flexibility index (Phi) is 6.13. The average Bonchev–Trinajstić information content (AvgIpc) is 3.19. The number of para-hydroxylation sites is 2. The summed E-state index contributed by atoms with van der Waals surface area (Å²) in [7, 11) is 1.53. The van der Waals surface area contributed by atoms with Crippen molar-refractivity contribution in [3.05, 3.63) is 58.6 Å². The molecule has 0 aliphatic heterocycles. The first-order valence-corrected chi connectivity index (χ1v) is 11.0. The third kappa shape index (κ3) is 4.18. The van der Waals surface area contributed by atoms with E-state index in [0.717, 1.165) is 0 Å². The molecule has 0 saturated carbocycles. The molecule has 1 amide bonds. The van der Waals surface area contributed by atoms with E-state index in [1.165, 1.54) is 41.6 Å². The van der Waals surface area contributed by atoms with Gasteiger partial charge in [0.2, 0.25) is 11.7 Å². The van der Waals surface area contributed by atoms with Crippen LogP contribution in [0.5, 0.6) is 5.75 Å². The van der Waals surface area contributed by atoms with Crippen molar-refractivity contribution in [1.82, 2.24) is 19.2 Å². The highest BCUT2D eigenvalue weighted by atomic mass is 32.2. The van der Waals surface area contributed by atoms with E-state index in [2.05, 4.69) is 15.5 Å². The molecule has 166 valence electrons. The maximum atomic E-state index is 13.9. The lowest BCUT2D eigenvalue weighted by Crippen LogP contribution is -2.25. The molecule has 4 aromatic rings. The summed E-state index contributed by atoms with van der Waals surface area (Å²) < 4.78 is 22.4. The van der Waals surface area contributed by atoms with Gasteiger partial charge in [0, 0.05) is 6.54 Å². The molecule has 0 spiro atoms. The number of ether oxygens (including phenoxy) is 1. The minimum atomic E-state index is -0.497. The molecule has 0 saturated heterocycles. The van der Waals surface area contributed by atoms with Crippen LogP contribution in [0, 0.1) is 11.7 Å². The van der Waals surface area contributed by atoms with Gasteiger partial charge in [-0.3, -0.25) is 18.6 Å². The van der Waals surface area contributed by atoms with Crippen LogP contribution >= 0.6 is 11.8 Å². The number of thioether (sulfide) groups is 1. The number of hydrogen-bond donors (Lipinski definition) is 1. The maximum absolute atomic E-state index is 13.9. The molecule has 10 heteroatoms. The molecule has 2 aromatic carbocycles. The Morgan fingerprint density at radius 2 is 2.00 bits per heavy atom. The van der Waals surface area contributed by atoms with Crippen LogP contribution < -0.4 is 15.6 Å². The first-order valence-electron chi connectivity index (χ1n) is 10.0. The van der Waals surface area contributed by atoms with Gasteiger partial charge in [0.05, 0.1) is 29.5 Å². The molecule has 0 fully saturated rings. The number of methoxy groups -OCH3 is 1. The van der Waals surface area contributed by atoms with E-state index in [1.54, 1.807) is 22.6 Å². The standard InChI is InChI=1S/C22H22FN5O3S/c1-13(2)11-27-20(30)15-10-14(23)8-9-17(15)28-21(27)25-26-22(28)32-12-19(29)24-16-6-4-5-7-18(16)31-3/h4-10,13H,11-12H2,1-3H3,(H,24,29). The molecular weight excluding hydrogens is 433 g/mol. The van der Waals surface area contributed by atoms with Crippen molar-refractivity contribution in [2.24, 2.45) is 5.92 Å². The number of carbonyl (C=O) groups is 1. The van der Waals surface area contributed by atoms with Gasteiger partial charge >= 0.3 is 0 Å². The molecule has 0 radical (unpaired) electrons. The molecule has 0 aliphatic rings. The van der Waals surface area contributed by atoms with Crippen LogP contribution in [0.2, 0.25) is 0 Å². The predicted molar refractivity (Wildman–Crippen MR) is 122 cm³/mol. The zero-order valence-electron chi connectivity index (χ0n) is 17.8. The van der Waals surface area contributed by atoms with E-state index < -0.39 is 5.82 Å². The predicted octanol–water partition coefficient (Wildman–Crippen LogP) is 3.58. The van der Waals surface area contributed by atoms with Crippen LogP contribution in [0.1, 0.15) is 13.8 Å². The minimum Gasteiger partial charge on any atom is -0.495 e. The Labute approximate surface area is 187 Å². The van der Waals surface area contributed by atoms with Gasteiger partial charge < -0.3 is 10.1 Å². The number of carbonyl (C=O) groups excluding carboxylic acids is 1. The number of fused-ring (bicyclic) bond motifs is 3. The number of hydrogen-bond acceptors (Lipinski definition) is 6. The second-order valence-electron chi connectivity index (χ2n) is 7.63. The first kappa shape index (κ1) is 21.8. The molecule has 8 nitrogen and oxygen atoms in total. The van der Waals surface area contributed by atoms with E-state index in [9.17, 15) is 14.0 Å². The molecule has 0 aliphatic carbocycles. The van der Waals surface area contributed by atoms with E-state index in [1.807, 2.05) is 19.9 Å². The third-order valence-corrected chi connectivity index (χ3v) is 5.72. The van der Waals surface area contributed by atoms with E-state index in [4.69, 9.17) is 4.74 Å². The molecule has 0 bridgehead atoms. The Morgan fingerprint density at radius 1 is 1.22 bits per heavy atom. The summed E-state index contributed by atoms with van der Waals surface area (Å²) in [5.74, 6) is 0.401. The highest BCUT2D eigenvalue weighted by molar-refractivity contribution is 7.99. The Bertz CT molecular complexity index is 1370.